The van der Waals surface area contributed by atoms with Gasteiger partial charge in [-0.25, -0.2) is 0 Å². The zero-order chi connectivity index (χ0) is 16.3. The Morgan fingerprint density at radius 1 is 1.23 bits per heavy atom. The molecule has 1 aromatic carbocycles. The molecule has 0 aliphatic heterocycles. The molecule has 0 heterocycles. The fraction of sp³-hybridized carbons (Fsp3) is 0.467. The van der Waals surface area contributed by atoms with Gasteiger partial charge in [-0.2, -0.15) is 0 Å². The number of carboxylic acids is 1. The largest absolute Gasteiger partial charge is 0.481 e. The van der Waals surface area contributed by atoms with E-state index in [9.17, 15) is 19.8 Å². The van der Waals surface area contributed by atoms with Crippen molar-refractivity contribution in [2.45, 2.75) is 31.8 Å². The Morgan fingerprint density at radius 3 is 2.27 bits per heavy atom. The van der Waals surface area contributed by atoms with Crippen LogP contribution in [0.4, 0.5) is 0 Å². The molecule has 1 amide bonds. The highest BCUT2D eigenvalue weighted by Crippen LogP contribution is 2.44. The summed E-state index contributed by atoms with van der Waals surface area (Å²) in [6.45, 7) is -0.0226. The number of halogens is 2. The molecule has 120 valence electrons. The third-order valence-electron chi connectivity index (χ3n) is 4.03. The summed E-state index contributed by atoms with van der Waals surface area (Å²) in [6.07, 6.45) is 0.834. The zero-order valence-corrected chi connectivity index (χ0v) is 13.3. The van der Waals surface area contributed by atoms with Crippen LogP contribution in [0, 0.1) is 5.41 Å². The van der Waals surface area contributed by atoms with Crippen molar-refractivity contribution < 1.29 is 19.8 Å². The van der Waals surface area contributed by atoms with Gasteiger partial charge in [0.15, 0.2) is 0 Å². The molecule has 1 aromatic rings. The lowest BCUT2D eigenvalue weighted by Crippen LogP contribution is -2.43. The number of carbonyl (C=O) groups is 2. The molecule has 2 rings (SSSR count). The first-order valence-electron chi connectivity index (χ1n) is 6.96. The number of rotatable bonds is 6. The van der Waals surface area contributed by atoms with Crippen LogP contribution in [0.5, 0.6) is 0 Å². The predicted molar refractivity (Wildman–Crippen MR) is 83.0 cm³/mol. The van der Waals surface area contributed by atoms with Crippen molar-refractivity contribution in [3.63, 3.8) is 0 Å². The highest BCUT2D eigenvalue weighted by molar-refractivity contribution is 6.34. The van der Waals surface area contributed by atoms with Gasteiger partial charge < -0.3 is 15.5 Å². The van der Waals surface area contributed by atoms with Crippen molar-refractivity contribution in [2.24, 2.45) is 5.41 Å². The molecule has 22 heavy (non-hydrogen) atoms. The molecule has 3 N–H and O–H groups in total. The molecule has 0 spiro atoms. The normalized spacial score (nSPS) is 17.4. The number of carbonyl (C=O) groups excluding carboxylic acids is 1. The maximum Gasteiger partial charge on any atom is 0.310 e. The van der Waals surface area contributed by atoms with Crippen LogP contribution < -0.4 is 5.32 Å². The first-order valence-corrected chi connectivity index (χ1v) is 7.72. The van der Waals surface area contributed by atoms with Gasteiger partial charge in [0.1, 0.15) is 0 Å². The summed E-state index contributed by atoms with van der Waals surface area (Å²) in [7, 11) is 0. The molecule has 0 bridgehead atoms. The van der Waals surface area contributed by atoms with E-state index in [1.807, 2.05) is 0 Å². The van der Waals surface area contributed by atoms with E-state index in [1.165, 1.54) is 0 Å². The molecule has 1 aliphatic carbocycles. The molecule has 1 saturated carbocycles. The summed E-state index contributed by atoms with van der Waals surface area (Å²) in [5.41, 5.74) is -0.441. The second kappa shape index (κ2) is 6.86. The summed E-state index contributed by atoms with van der Waals surface area (Å²) in [5.74, 6) is -1.31. The Bertz CT molecular complexity index is 567. The minimum absolute atomic E-state index is 0.0226. The summed E-state index contributed by atoms with van der Waals surface area (Å²) in [6, 6.07) is 4.68. The quantitative estimate of drug-likeness (QED) is 0.739. The molecule has 5 nitrogen and oxygen atoms in total. The van der Waals surface area contributed by atoms with Gasteiger partial charge in [0.05, 0.1) is 11.5 Å². The van der Waals surface area contributed by atoms with Crippen LogP contribution in [-0.4, -0.2) is 28.6 Å². The van der Waals surface area contributed by atoms with E-state index in [1.54, 1.807) is 18.2 Å². The first kappa shape index (κ1) is 17.1. The number of nitrogens with one attached hydrogen (secondary N) is 1. The van der Waals surface area contributed by atoms with Crippen LogP contribution in [0.1, 0.15) is 37.4 Å². The molecule has 1 aliphatic rings. The molecule has 0 aromatic heterocycles. The highest BCUT2D eigenvalue weighted by atomic mass is 35.5. The summed E-state index contributed by atoms with van der Waals surface area (Å²) >= 11 is 11.7. The SMILES string of the molecule is O=C(CC1(C(=O)O)CCC1)NCC(O)c1cc(Cl)cc(Cl)c1. The van der Waals surface area contributed by atoms with E-state index in [-0.39, 0.29) is 18.9 Å². The van der Waals surface area contributed by atoms with Crippen LogP contribution in [0.15, 0.2) is 18.2 Å². The van der Waals surface area contributed by atoms with Gasteiger partial charge in [0, 0.05) is 23.0 Å². The molecular weight excluding hydrogens is 329 g/mol. The number of hydrogen-bond acceptors (Lipinski definition) is 3. The van der Waals surface area contributed by atoms with Crippen LogP contribution in [0.25, 0.3) is 0 Å². The Morgan fingerprint density at radius 2 is 1.82 bits per heavy atom. The zero-order valence-electron chi connectivity index (χ0n) is 11.8. The number of aliphatic hydroxyl groups excluding tert-OH is 1. The van der Waals surface area contributed by atoms with E-state index in [0.717, 1.165) is 6.42 Å². The van der Waals surface area contributed by atoms with Crippen LogP contribution in [-0.2, 0) is 9.59 Å². The van der Waals surface area contributed by atoms with Gasteiger partial charge in [-0.1, -0.05) is 29.6 Å². The number of aliphatic hydroxyl groups is 1. The Hall–Kier alpha value is -1.30. The van der Waals surface area contributed by atoms with E-state index >= 15 is 0 Å². The van der Waals surface area contributed by atoms with Gasteiger partial charge in [0.2, 0.25) is 5.91 Å². The lowest BCUT2D eigenvalue weighted by atomic mass is 9.66. The second-order valence-electron chi connectivity index (χ2n) is 5.64. The van der Waals surface area contributed by atoms with Gasteiger partial charge in [-0.3, -0.25) is 9.59 Å². The Labute approximate surface area is 138 Å². The van der Waals surface area contributed by atoms with Crippen molar-refractivity contribution in [2.75, 3.05) is 6.54 Å². The minimum atomic E-state index is -0.956. The van der Waals surface area contributed by atoms with Gasteiger partial charge >= 0.3 is 5.97 Å². The van der Waals surface area contributed by atoms with Gasteiger partial charge in [-0.15, -0.1) is 0 Å². The summed E-state index contributed by atoms with van der Waals surface area (Å²) in [4.78, 5) is 23.1. The number of aliphatic carboxylic acids is 1. The average molecular weight is 346 g/mol. The Kier molecular flexibility index (Phi) is 5.32. The minimum Gasteiger partial charge on any atom is -0.481 e. The molecular formula is C15H17Cl2NO4. The van der Waals surface area contributed by atoms with E-state index in [2.05, 4.69) is 5.32 Å². The molecule has 1 fully saturated rings. The molecule has 1 unspecified atom stereocenters. The second-order valence-corrected chi connectivity index (χ2v) is 6.51. The number of amides is 1. The third kappa shape index (κ3) is 3.91. The fourth-order valence-electron chi connectivity index (χ4n) is 2.54. The van der Waals surface area contributed by atoms with E-state index in [0.29, 0.717) is 28.5 Å². The van der Waals surface area contributed by atoms with Crippen molar-refractivity contribution in [1.82, 2.24) is 5.32 Å². The standard InChI is InChI=1S/C15H17Cl2NO4/c16-10-4-9(5-11(17)6-10)12(19)8-18-13(20)7-15(14(21)22)2-1-3-15/h4-6,12,19H,1-3,7-8H2,(H,18,20)(H,21,22). The van der Waals surface area contributed by atoms with Gasteiger partial charge in [-0.05, 0) is 36.6 Å². The van der Waals surface area contributed by atoms with Crippen molar-refractivity contribution in [1.29, 1.82) is 0 Å². The monoisotopic (exact) mass is 345 g/mol. The molecule has 1 atom stereocenters. The van der Waals surface area contributed by atoms with Crippen molar-refractivity contribution in [3.05, 3.63) is 33.8 Å². The van der Waals surface area contributed by atoms with Crippen LogP contribution >= 0.6 is 23.2 Å². The highest BCUT2D eigenvalue weighted by Gasteiger charge is 2.45. The maximum atomic E-state index is 11.9. The van der Waals surface area contributed by atoms with Crippen molar-refractivity contribution >= 4 is 35.1 Å². The van der Waals surface area contributed by atoms with E-state index in [4.69, 9.17) is 23.2 Å². The summed E-state index contributed by atoms with van der Waals surface area (Å²) < 4.78 is 0. The Balaban J connectivity index is 1.89. The maximum absolute atomic E-state index is 11.9. The van der Waals surface area contributed by atoms with E-state index < -0.39 is 17.5 Å². The van der Waals surface area contributed by atoms with Gasteiger partial charge in [0.25, 0.3) is 0 Å². The van der Waals surface area contributed by atoms with Crippen LogP contribution in [0.2, 0.25) is 10.0 Å². The predicted octanol–water partition coefficient (Wildman–Crippen LogP) is 2.79. The third-order valence-corrected chi connectivity index (χ3v) is 4.46. The average Bonchev–Trinajstić information content (AvgIpc) is 2.38. The number of hydrogen-bond donors (Lipinski definition) is 3. The fourth-order valence-corrected chi connectivity index (χ4v) is 3.08. The topological polar surface area (TPSA) is 86.6 Å². The number of carboxylic acid groups (broad SMARTS) is 1. The van der Waals surface area contributed by atoms with Crippen LogP contribution in [0.3, 0.4) is 0 Å². The molecule has 0 saturated heterocycles. The van der Waals surface area contributed by atoms with Crippen molar-refractivity contribution in [3.8, 4) is 0 Å². The first-order chi connectivity index (χ1) is 10.3. The lowest BCUT2D eigenvalue weighted by molar-refractivity contribution is -0.157. The molecule has 7 heteroatoms. The number of benzene rings is 1. The molecule has 0 radical (unpaired) electrons. The summed E-state index contributed by atoms with van der Waals surface area (Å²) in [5, 5.41) is 22.6. The smallest absolute Gasteiger partial charge is 0.310 e. The lowest BCUT2D eigenvalue weighted by Gasteiger charge is -2.37.